The molecule has 74 valence electrons. The van der Waals surface area contributed by atoms with Gasteiger partial charge in [-0.3, -0.25) is 9.59 Å². The van der Waals surface area contributed by atoms with Crippen LogP contribution in [0.2, 0.25) is 0 Å². The van der Waals surface area contributed by atoms with Crippen LogP contribution in [0.1, 0.15) is 26.7 Å². The van der Waals surface area contributed by atoms with E-state index in [1.54, 1.807) is 6.92 Å². The van der Waals surface area contributed by atoms with Gasteiger partial charge in [0.1, 0.15) is 0 Å². The Morgan fingerprint density at radius 2 is 1.92 bits per heavy atom. The van der Waals surface area contributed by atoms with Crippen molar-refractivity contribution in [1.29, 1.82) is 0 Å². The normalized spacial score (nSPS) is 12.2. The maximum Gasteiger partial charge on any atom is 0.244 e. The molecule has 0 aromatic heterocycles. The van der Waals surface area contributed by atoms with Gasteiger partial charge in [0.15, 0.2) is 5.78 Å². The molecule has 4 heteroatoms. The average Bonchev–Trinajstić information content (AvgIpc) is 2.11. The quantitative estimate of drug-likeness (QED) is 0.592. The monoisotopic (exact) mass is 247 g/mol. The first-order valence-corrected chi connectivity index (χ1v) is 5.25. The van der Waals surface area contributed by atoms with Gasteiger partial charge in [-0.25, -0.2) is 0 Å². The minimum absolute atomic E-state index is 0.0573. The van der Waals surface area contributed by atoms with Gasteiger partial charge in [-0.05, 0) is 13.3 Å². The summed E-state index contributed by atoms with van der Waals surface area (Å²) in [4.78, 5) is 22.2. The van der Waals surface area contributed by atoms with Crippen LogP contribution in [0.4, 0.5) is 0 Å². The second-order valence-electron chi connectivity index (χ2n) is 2.77. The Bertz CT molecular complexity index is 246. The fraction of sp³-hybridized carbons (Fsp3) is 0.556. The topological polar surface area (TPSA) is 60.2 Å². The van der Waals surface area contributed by atoms with E-state index < -0.39 is 5.91 Å². The molecular weight excluding hydrogens is 234 g/mol. The Morgan fingerprint density at radius 1 is 1.38 bits per heavy atom. The molecule has 0 heterocycles. The first-order chi connectivity index (χ1) is 6.04. The number of alkyl halides is 1. The van der Waals surface area contributed by atoms with Gasteiger partial charge < -0.3 is 5.73 Å². The van der Waals surface area contributed by atoms with Crippen molar-refractivity contribution in [3.8, 4) is 0 Å². The first-order valence-electron chi connectivity index (χ1n) is 4.13. The zero-order chi connectivity index (χ0) is 10.4. The van der Waals surface area contributed by atoms with E-state index in [-0.39, 0.29) is 11.1 Å². The van der Waals surface area contributed by atoms with Crippen molar-refractivity contribution in [2.45, 2.75) is 26.7 Å². The predicted octanol–water partition coefficient (Wildman–Crippen LogP) is 1.55. The summed E-state index contributed by atoms with van der Waals surface area (Å²) < 4.78 is 0. The number of halogens is 1. The SMILES string of the molecule is CCCC(C(=O)CBr)=C(C)C(N)=O. The number of hydrogen-bond donors (Lipinski definition) is 1. The van der Waals surface area contributed by atoms with Gasteiger partial charge in [0, 0.05) is 11.1 Å². The summed E-state index contributed by atoms with van der Waals surface area (Å²) >= 11 is 3.07. The minimum Gasteiger partial charge on any atom is -0.366 e. The zero-order valence-electron chi connectivity index (χ0n) is 7.89. The fourth-order valence-corrected chi connectivity index (χ4v) is 1.35. The van der Waals surface area contributed by atoms with Gasteiger partial charge in [-0.2, -0.15) is 0 Å². The van der Waals surface area contributed by atoms with E-state index in [0.717, 1.165) is 6.42 Å². The molecule has 1 amide bonds. The van der Waals surface area contributed by atoms with Crippen molar-refractivity contribution >= 4 is 27.6 Å². The number of hydrogen-bond acceptors (Lipinski definition) is 2. The van der Waals surface area contributed by atoms with E-state index in [9.17, 15) is 9.59 Å². The molecule has 0 atom stereocenters. The van der Waals surface area contributed by atoms with Crippen LogP contribution in [0.15, 0.2) is 11.1 Å². The lowest BCUT2D eigenvalue weighted by Gasteiger charge is -2.05. The molecule has 0 unspecified atom stereocenters. The van der Waals surface area contributed by atoms with Crippen LogP contribution in [-0.2, 0) is 9.59 Å². The smallest absolute Gasteiger partial charge is 0.244 e. The highest BCUT2D eigenvalue weighted by molar-refractivity contribution is 9.09. The van der Waals surface area contributed by atoms with Gasteiger partial charge in [-0.15, -0.1) is 0 Å². The molecule has 0 aromatic carbocycles. The molecule has 13 heavy (non-hydrogen) atoms. The third-order valence-electron chi connectivity index (χ3n) is 1.78. The third-order valence-corrected chi connectivity index (χ3v) is 2.29. The Hall–Kier alpha value is -0.640. The molecule has 0 saturated carbocycles. The molecule has 0 rings (SSSR count). The van der Waals surface area contributed by atoms with Crippen molar-refractivity contribution in [2.24, 2.45) is 5.73 Å². The molecule has 0 fully saturated rings. The van der Waals surface area contributed by atoms with Gasteiger partial charge in [-0.1, -0.05) is 29.3 Å². The third kappa shape index (κ3) is 3.72. The standard InChI is InChI=1S/C9H14BrNO2/c1-3-4-7(8(12)5-10)6(2)9(11)13/h3-5H2,1-2H3,(H2,11,13). The number of amides is 1. The van der Waals surface area contributed by atoms with E-state index in [0.29, 0.717) is 17.6 Å². The molecule has 0 aliphatic heterocycles. The van der Waals surface area contributed by atoms with Crippen molar-refractivity contribution in [3.05, 3.63) is 11.1 Å². The molecule has 0 spiro atoms. The average molecular weight is 248 g/mol. The van der Waals surface area contributed by atoms with Gasteiger partial charge in [0.05, 0.1) is 5.33 Å². The summed E-state index contributed by atoms with van der Waals surface area (Å²) in [5.74, 6) is -0.573. The lowest BCUT2D eigenvalue weighted by Crippen LogP contribution is -2.17. The molecule has 0 aliphatic rings. The maximum absolute atomic E-state index is 11.3. The van der Waals surface area contributed by atoms with Crippen LogP contribution < -0.4 is 5.73 Å². The predicted molar refractivity (Wildman–Crippen MR) is 55.6 cm³/mol. The number of primary amides is 1. The highest BCUT2D eigenvalue weighted by Gasteiger charge is 2.13. The second-order valence-corrected chi connectivity index (χ2v) is 3.34. The number of carbonyl (C=O) groups excluding carboxylic acids is 2. The molecule has 0 bridgehead atoms. The van der Waals surface area contributed by atoms with E-state index in [2.05, 4.69) is 15.9 Å². The summed E-state index contributed by atoms with van der Waals surface area (Å²) in [6.07, 6.45) is 1.44. The Labute approximate surface area is 86.5 Å². The Balaban J connectivity index is 4.87. The Morgan fingerprint density at radius 3 is 2.23 bits per heavy atom. The molecule has 0 aromatic rings. The van der Waals surface area contributed by atoms with Crippen LogP contribution in [0.25, 0.3) is 0 Å². The van der Waals surface area contributed by atoms with Gasteiger partial charge in [0.25, 0.3) is 0 Å². The zero-order valence-corrected chi connectivity index (χ0v) is 9.48. The second kappa shape index (κ2) is 5.91. The van der Waals surface area contributed by atoms with Crippen molar-refractivity contribution in [3.63, 3.8) is 0 Å². The number of allylic oxidation sites excluding steroid dienone is 1. The lowest BCUT2D eigenvalue weighted by atomic mass is 10.0. The van der Waals surface area contributed by atoms with Crippen molar-refractivity contribution < 1.29 is 9.59 Å². The maximum atomic E-state index is 11.3. The van der Waals surface area contributed by atoms with E-state index in [1.165, 1.54) is 0 Å². The van der Waals surface area contributed by atoms with E-state index in [4.69, 9.17) is 5.73 Å². The number of ketones is 1. The van der Waals surface area contributed by atoms with Gasteiger partial charge >= 0.3 is 0 Å². The minimum atomic E-state index is -0.516. The molecule has 0 radical (unpaired) electrons. The summed E-state index contributed by atoms with van der Waals surface area (Å²) in [5.41, 5.74) is 6.02. The number of rotatable bonds is 5. The number of nitrogens with two attached hydrogens (primary N) is 1. The van der Waals surface area contributed by atoms with Crippen LogP contribution >= 0.6 is 15.9 Å². The molecule has 0 aliphatic carbocycles. The molecule has 3 nitrogen and oxygen atoms in total. The fourth-order valence-electron chi connectivity index (χ4n) is 1.02. The highest BCUT2D eigenvalue weighted by Crippen LogP contribution is 2.13. The molecule has 2 N–H and O–H groups in total. The number of carbonyl (C=O) groups is 2. The van der Waals surface area contributed by atoms with Crippen molar-refractivity contribution in [1.82, 2.24) is 0 Å². The largest absolute Gasteiger partial charge is 0.366 e. The van der Waals surface area contributed by atoms with E-state index in [1.807, 2.05) is 6.92 Å². The first kappa shape index (κ1) is 12.4. The summed E-state index contributed by atoms with van der Waals surface area (Å²) in [7, 11) is 0. The van der Waals surface area contributed by atoms with Gasteiger partial charge in [0.2, 0.25) is 5.91 Å². The highest BCUT2D eigenvalue weighted by atomic mass is 79.9. The van der Waals surface area contributed by atoms with E-state index >= 15 is 0 Å². The summed E-state index contributed by atoms with van der Waals surface area (Å²) in [5, 5.41) is 0.243. The Kier molecular flexibility index (Phi) is 5.62. The summed E-state index contributed by atoms with van der Waals surface area (Å²) in [6.45, 7) is 3.55. The number of Topliss-reactive ketones (excluding diaryl/α,β-unsaturated/α-hetero) is 1. The molecular formula is C9H14BrNO2. The van der Waals surface area contributed by atoms with Crippen molar-refractivity contribution in [2.75, 3.05) is 5.33 Å². The van der Waals surface area contributed by atoms with Crippen LogP contribution in [0, 0.1) is 0 Å². The molecule has 0 saturated heterocycles. The van der Waals surface area contributed by atoms with Crippen LogP contribution in [-0.4, -0.2) is 17.0 Å². The van der Waals surface area contributed by atoms with Crippen LogP contribution in [0.5, 0.6) is 0 Å². The summed E-state index contributed by atoms with van der Waals surface area (Å²) in [6, 6.07) is 0. The lowest BCUT2D eigenvalue weighted by molar-refractivity contribution is -0.116. The van der Waals surface area contributed by atoms with Crippen LogP contribution in [0.3, 0.4) is 0 Å².